The quantitative estimate of drug-likeness (QED) is 0.734. The van der Waals surface area contributed by atoms with Gasteiger partial charge in [0.05, 0.1) is 6.10 Å². The van der Waals surface area contributed by atoms with Crippen LogP contribution in [0.15, 0.2) is 54.6 Å². The summed E-state index contributed by atoms with van der Waals surface area (Å²) >= 11 is 0. The zero-order chi connectivity index (χ0) is 15.9. The van der Waals surface area contributed by atoms with Gasteiger partial charge in [0, 0.05) is 12.1 Å². The Labute approximate surface area is 132 Å². The van der Waals surface area contributed by atoms with E-state index >= 15 is 0 Å². The summed E-state index contributed by atoms with van der Waals surface area (Å²) in [4.78, 5) is 0. The van der Waals surface area contributed by atoms with Crippen molar-refractivity contribution in [1.82, 2.24) is 5.32 Å². The second-order valence-electron chi connectivity index (χ2n) is 5.92. The maximum Gasteiger partial charge on any atom is 0.115 e. The summed E-state index contributed by atoms with van der Waals surface area (Å²) in [7, 11) is 0. The van der Waals surface area contributed by atoms with Crippen molar-refractivity contribution in [2.24, 2.45) is 0 Å². The van der Waals surface area contributed by atoms with Crippen molar-refractivity contribution in [2.45, 2.75) is 44.9 Å². The highest BCUT2D eigenvalue weighted by molar-refractivity contribution is 5.27. The summed E-state index contributed by atoms with van der Waals surface area (Å²) in [5.74, 6) is 0.216. The topological polar surface area (TPSA) is 52.5 Å². The molecule has 0 bridgehead atoms. The van der Waals surface area contributed by atoms with Crippen LogP contribution in [0.2, 0.25) is 0 Å². The van der Waals surface area contributed by atoms with E-state index in [1.165, 1.54) is 5.56 Å². The van der Waals surface area contributed by atoms with Crippen LogP contribution in [0.3, 0.4) is 0 Å². The summed E-state index contributed by atoms with van der Waals surface area (Å²) in [6.45, 7) is 4.12. The van der Waals surface area contributed by atoms with E-state index in [1.807, 2.05) is 13.0 Å². The number of rotatable bonds is 7. The van der Waals surface area contributed by atoms with Crippen LogP contribution in [-0.2, 0) is 6.42 Å². The Morgan fingerprint density at radius 2 is 1.59 bits per heavy atom. The lowest BCUT2D eigenvalue weighted by Gasteiger charge is -2.25. The zero-order valence-electron chi connectivity index (χ0n) is 13.2. The van der Waals surface area contributed by atoms with Crippen molar-refractivity contribution in [3.05, 3.63) is 65.7 Å². The van der Waals surface area contributed by atoms with Gasteiger partial charge in [-0.05, 0) is 49.9 Å². The summed E-state index contributed by atoms with van der Waals surface area (Å²) in [5.41, 5.74) is 2.15. The molecule has 0 amide bonds. The highest BCUT2D eigenvalue weighted by Crippen LogP contribution is 2.20. The Kier molecular flexibility index (Phi) is 5.99. The predicted octanol–water partition coefficient (Wildman–Crippen LogP) is 3.43. The molecule has 3 heteroatoms. The molecule has 0 aliphatic carbocycles. The lowest BCUT2D eigenvalue weighted by molar-refractivity contribution is 0.129. The van der Waals surface area contributed by atoms with Crippen LogP contribution in [-0.4, -0.2) is 22.3 Å². The molecule has 0 aliphatic rings. The van der Waals surface area contributed by atoms with Crippen molar-refractivity contribution in [3.8, 4) is 5.75 Å². The molecule has 3 nitrogen and oxygen atoms in total. The van der Waals surface area contributed by atoms with E-state index < -0.39 is 6.10 Å². The number of phenolic OH excluding ortho intramolecular Hbond substituents is 1. The van der Waals surface area contributed by atoms with Crippen molar-refractivity contribution in [2.75, 3.05) is 0 Å². The minimum Gasteiger partial charge on any atom is -0.508 e. The molecule has 3 atom stereocenters. The van der Waals surface area contributed by atoms with E-state index in [0.29, 0.717) is 6.04 Å². The number of aromatic hydroxyl groups is 1. The van der Waals surface area contributed by atoms with Gasteiger partial charge in [0.2, 0.25) is 0 Å². The first-order chi connectivity index (χ1) is 10.6. The van der Waals surface area contributed by atoms with E-state index in [-0.39, 0.29) is 11.8 Å². The lowest BCUT2D eigenvalue weighted by atomic mass is 10.0. The van der Waals surface area contributed by atoms with Gasteiger partial charge >= 0.3 is 0 Å². The van der Waals surface area contributed by atoms with E-state index in [4.69, 9.17) is 0 Å². The molecule has 2 aromatic carbocycles. The Bertz CT molecular complexity index is 553. The first kappa shape index (κ1) is 16.5. The maximum atomic E-state index is 10.4. The fourth-order valence-electron chi connectivity index (χ4n) is 2.61. The van der Waals surface area contributed by atoms with Crippen molar-refractivity contribution < 1.29 is 10.2 Å². The fraction of sp³-hybridized carbons (Fsp3) is 0.368. The number of hydrogen-bond acceptors (Lipinski definition) is 3. The number of aliphatic hydroxyl groups is 1. The van der Waals surface area contributed by atoms with Crippen LogP contribution < -0.4 is 5.32 Å². The average molecular weight is 299 g/mol. The summed E-state index contributed by atoms with van der Waals surface area (Å²) in [5, 5.41) is 23.1. The second kappa shape index (κ2) is 7.97. The largest absolute Gasteiger partial charge is 0.508 e. The van der Waals surface area contributed by atoms with Crippen molar-refractivity contribution >= 4 is 0 Å². The zero-order valence-corrected chi connectivity index (χ0v) is 13.2. The number of hydrogen-bond donors (Lipinski definition) is 3. The van der Waals surface area contributed by atoms with Gasteiger partial charge in [0.25, 0.3) is 0 Å². The summed E-state index contributed by atoms with van der Waals surface area (Å²) in [6.07, 6.45) is 1.47. The maximum absolute atomic E-state index is 10.4. The molecule has 0 unspecified atom stereocenters. The van der Waals surface area contributed by atoms with Crippen LogP contribution in [0.5, 0.6) is 5.75 Å². The van der Waals surface area contributed by atoms with Gasteiger partial charge in [0.1, 0.15) is 5.75 Å². The molecule has 0 saturated carbocycles. The molecule has 0 spiro atoms. The van der Waals surface area contributed by atoms with Crippen molar-refractivity contribution in [3.63, 3.8) is 0 Å². The first-order valence-electron chi connectivity index (χ1n) is 7.83. The molecule has 0 aromatic heterocycles. The van der Waals surface area contributed by atoms with Crippen LogP contribution in [0.1, 0.15) is 37.5 Å². The third-order valence-electron chi connectivity index (χ3n) is 3.96. The van der Waals surface area contributed by atoms with E-state index in [9.17, 15) is 10.2 Å². The molecule has 2 rings (SSSR count). The Hall–Kier alpha value is -1.84. The molecule has 0 aliphatic heterocycles. The molecule has 0 radical (unpaired) electrons. The Balaban J connectivity index is 1.82. The monoisotopic (exact) mass is 299 g/mol. The lowest BCUT2D eigenvalue weighted by Crippen LogP contribution is -2.38. The van der Waals surface area contributed by atoms with Crippen LogP contribution in [0, 0.1) is 0 Å². The van der Waals surface area contributed by atoms with Crippen molar-refractivity contribution in [1.29, 1.82) is 0 Å². The molecular formula is C19H25NO2. The fourth-order valence-corrected chi connectivity index (χ4v) is 2.61. The molecule has 22 heavy (non-hydrogen) atoms. The minimum atomic E-state index is -0.584. The summed E-state index contributed by atoms with van der Waals surface area (Å²) < 4.78 is 0. The SMILES string of the molecule is C[C@H](CCc1ccccc1)N[C@@H](C)[C@H](O)c1ccc(O)cc1. The number of aryl methyl sites for hydroxylation is 1. The third kappa shape index (κ3) is 4.86. The third-order valence-corrected chi connectivity index (χ3v) is 3.96. The molecule has 0 heterocycles. The van der Waals surface area contributed by atoms with E-state index in [0.717, 1.165) is 18.4 Å². The van der Waals surface area contributed by atoms with Gasteiger partial charge in [-0.3, -0.25) is 0 Å². The smallest absolute Gasteiger partial charge is 0.115 e. The first-order valence-corrected chi connectivity index (χ1v) is 7.83. The van der Waals surface area contributed by atoms with Crippen LogP contribution >= 0.6 is 0 Å². The Morgan fingerprint density at radius 3 is 2.23 bits per heavy atom. The molecule has 2 aromatic rings. The highest BCUT2D eigenvalue weighted by atomic mass is 16.3. The van der Waals surface area contributed by atoms with Gasteiger partial charge < -0.3 is 15.5 Å². The molecular weight excluding hydrogens is 274 g/mol. The average Bonchev–Trinajstić information content (AvgIpc) is 2.54. The highest BCUT2D eigenvalue weighted by Gasteiger charge is 2.18. The van der Waals surface area contributed by atoms with E-state index in [2.05, 4.69) is 36.5 Å². The van der Waals surface area contributed by atoms with Gasteiger partial charge in [-0.1, -0.05) is 42.5 Å². The van der Waals surface area contributed by atoms with Gasteiger partial charge in [0.15, 0.2) is 0 Å². The molecule has 0 fully saturated rings. The molecule has 118 valence electrons. The molecule has 3 N–H and O–H groups in total. The second-order valence-corrected chi connectivity index (χ2v) is 5.92. The number of aliphatic hydroxyl groups excluding tert-OH is 1. The van der Waals surface area contributed by atoms with Gasteiger partial charge in [-0.25, -0.2) is 0 Å². The Morgan fingerprint density at radius 1 is 0.955 bits per heavy atom. The predicted molar refractivity (Wildman–Crippen MR) is 89.9 cm³/mol. The minimum absolute atomic E-state index is 0.0460. The van der Waals surface area contributed by atoms with Gasteiger partial charge in [-0.2, -0.15) is 0 Å². The number of phenols is 1. The normalized spacial score (nSPS) is 15.2. The van der Waals surface area contributed by atoms with Crippen LogP contribution in [0.25, 0.3) is 0 Å². The van der Waals surface area contributed by atoms with Crippen LogP contribution in [0.4, 0.5) is 0 Å². The van der Waals surface area contributed by atoms with E-state index in [1.54, 1.807) is 24.3 Å². The van der Waals surface area contributed by atoms with Gasteiger partial charge in [-0.15, -0.1) is 0 Å². The summed E-state index contributed by atoms with van der Waals surface area (Å²) in [6, 6.07) is 17.4. The molecule has 0 saturated heterocycles. The number of benzene rings is 2. The standard InChI is InChI=1S/C19H25NO2/c1-14(8-9-16-6-4-3-5-7-16)20-15(2)19(22)17-10-12-18(21)13-11-17/h3-7,10-15,19-22H,8-9H2,1-2H3/t14-,15+,19+/m1/s1. The number of nitrogens with one attached hydrogen (secondary N) is 1.